The molecule has 0 unspecified atom stereocenters. The molecule has 2 aromatic carbocycles. The molecule has 3 heteroatoms. The van der Waals surface area contributed by atoms with Crippen LogP contribution in [-0.4, -0.2) is 13.0 Å². The molecule has 1 atom stereocenters. The molecule has 0 radical (unpaired) electrons. The number of hydrogen-bond donors (Lipinski definition) is 1. The fraction of sp³-hybridized carbons (Fsp3) is 0.278. The second-order valence-electron chi connectivity index (χ2n) is 5.02. The summed E-state index contributed by atoms with van der Waals surface area (Å²) < 4.78 is 5.09. The maximum absolute atomic E-state index is 12.2. The van der Waals surface area contributed by atoms with Gasteiger partial charge in [0.05, 0.1) is 13.2 Å². The first-order valence-electron chi connectivity index (χ1n) is 7.17. The molecule has 0 heterocycles. The van der Waals surface area contributed by atoms with E-state index in [-0.39, 0.29) is 11.9 Å². The summed E-state index contributed by atoms with van der Waals surface area (Å²) >= 11 is 0. The van der Waals surface area contributed by atoms with Crippen molar-refractivity contribution in [3.63, 3.8) is 0 Å². The molecular weight excluding hydrogens is 262 g/mol. The lowest BCUT2D eigenvalue weighted by atomic mass is 10.0. The van der Waals surface area contributed by atoms with Crippen molar-refractivity contribution in [2.75, 3.05) is 7.11 Å². The zero-order chi connectivity index (χ0) is 15.2. The predicted octanol–water partition coefficient (Wildman–Crippen LogP) is 3.75. The minimum atomic E-state index is -0.0790. The number of hydrogen-bond acceptors (Lipinski definition) is 2. The number of methoxy groups -OCH3 is 1. The van der Waals surface area contributed by atoms with Gasteiger partial charge in [-0.25, -0.2) is 0 Å². The highest BCUT2D eigenvalue weighted by Gasteiger charge is 2.11. The third kappa shape index (κ3) is 3.85. The van der Waals surface area contributed by atoms with Crippen molar-refractivity contribution >= 4 is 5.91 Å². The van der Waals surface area contributed by atoms with Gasteiger partial charge in [0.25, 0.3) is 5.91 Å². The van der Waals surface area contributed by atoms with Crippen LogP contribution in [0.15, 0.2) is 48.5 Å². The topological polar surface area (TPSA) is 38.3 Å². The van der Waals surface area contributed by atoms with Crippen LogP contribution in [0.2, 0.25) is 0 Å². The average molecular weight is 283 g/mol. The van der Waals surface area contributed by atoms with E-state index in [4.69, 9.17) is 4.74 Å². The maximum Gasteiger partial charge on any atom is 0.251 e. The van der Waals surface area contributed by atoms with E-state index >= 15 is 0 Å². The summed E-state index contributed by atoms with van der Waals surface area (Å²) in [6.07, 6.45) is 1.02. The van der Waals surface area contributed by atoms with Crippen LogP contribution in [-0.2, 0) is 6.42 Å². The molecule has 0 saturated carbocycles. The van der Waals surface area contributed by atoms with E-state index in [1.54, 1.807) is 31.4 Å². The molecule has 110 valence electrons. The van der Waals surface area contributed by atoms with Crippen molar-refractivity contribution in [2.24, 2.45) is 0 Å². The number of nitrogens with one attached hydrogen (secondary N) is 1. The third-order valence-corrected chi connectivity index (χ3v) is 3.59. The van der Waals surface area contributed by atoms with E-state index < -0.39 is 0 Å². The van der Waals surface area contributed by atoms with Crippen LogP contribution in [0.5, 0.6) is 5.75 Å². The fourth-order valence-corrected chi connectivity index (χ4v) is 2.15. The van der Waals surface area contributed by atoms with Crippen LogP contribution in [0.25, 0.3) is 0 Å². The molecule has 0 aromatic heterocycles. The van der Waals surface area contributed by atoms with Crippen LogP contribution >= 0.6 is 0 Å². The molecule has 0 aliphatic carbocycles. The number of rotatable bonds is 5. The largest absolute Gasteiger partial charge is 0.497 e. The summed E-state index contributed by atoms with van der Waals surface area (Å²) in [4.78, 5) is 12.2. The fourth-order valence-electron chi connectivity index (χ4n) is 2.15. The smallest absolute Gasteiger partial charge is 0.251 e. The van der Waals surface area contributed by atoms with E-state index in [1.165, 1.54) is 5.56 Å². The quantitative estimate of drug-likeness (QED) is 0.907. The zero-order valence-corrected chi connectivity index (χ0v) is 12.7. The highest BCUT2D eigenvalue weighted by molar-refractivity contribution is 5.94. The maximum atomic E-state index is 12.2. The zero-order valence-electron chi connectivity index (χ0n) is 12.7. The van der Waals surface area contributed by atoms with Gasteiger partial charge in [-0.3, -0.25) is 4.79 Å². The number of amides is 1. The molecule has 2 rings (SSSR count). The van der Waals surface area contributed by atoms with Crippen molar-refractivity contribution in [2.45, 2.75) is 26.3 Å². The first kappa shape index (κ1) is 15.1. The molecule has 1 N–H and O–H groups in total. The van der Waals surface area contributed by atoms with Crippen LogP contribution in [0.1, 0.15) is 41.4 Å². The minimum absolute atomic E-state index is 0.0227. The number of benzene rings is 2. The molecule has 2 aromatic rings. The molecule has 0 spiro atoms. The van der Waals surface area contributed by atoms with Gasteiger partial charge in [-0.2, -0.15) is 0 Å². The Bertz CT molecular complexity index is 588. The lowest BCUT2D eigenvalue weighted by Gasteiger charge is -2.15. The van der Waals surface area contributed by atoms with Crippen LogP contribution < -0.4 is 10.1 Å². The van der Waals surface area contributed by atoms with Crippen molar-refractivity contribution in [1.29, 1.82) is 0 Å². The summed E-state index contributed by atoms with van der Waals surface area (Å²) in [5, 5.41) is 3.01. The summed E-state index contributed by atoms with van der Waals surface area (Å²) in [5.74, 6) is 0.666. The van der Waals surface area contributed by atoms with E-state index in [9.17, 15) is 4.79 Å². The van der Waals surface area contributed by atoms with E-state index in [1.807, 2.05) is 6.92 Å². The van der Waals surface area contributed by atoms with Gasteiger partial charge in [0.2, 0.25) is 0 Å². The molecule has 0 aliphatic rings. The lowest BCUT2D eigenvalue weighted by molar-refractivity contribution is 0.0940. The molecule has 3 nitrogen and oxygen atoms in total. The van der Waals surface area contributed by atoms with Crippen LogP contribution in [0, 0.1) is 0 Å². The van der Waals surface area contributed by atoms with Gasteiger partial charge < -0.3 is 10.1 Å². The Balaban J connectivity index is 2.03. The standard InChI is InChI=1S/C18H21NO2/c1-4-14-5-7-15(8-6-14)13(2)19-18(20)16-9-11-17(21-3)12-10-16/h5-13H,4H2,1-3H3,(H,19,20)/t13-/m0/s1. The van der Waals surface area contributed by atoms with Crippen molar-refractivity contribution in [1.82, 2.24) is 5.32 Å². The molecule has 0 aliphatic heterocycles. The normalized spacial score (nSPS) is 11.8. The number of ether oxygens (including phenoxy) is 1. The third-order valence-electron chi connectivity index (χ3n) is 3.59. The van der Waals surface area contributed by atoms with Gasteiger partial charge in [-0.1, -0.05) is 31.2 Å². The van der Waals surface area contributed by atoms with Gasteiger partial charge in [-0.05, 0) is 48.7 Å². The van der Waals surface area contributed by atoms with Gasteiger partial charge in [0, 0.05) is 5.56 Å². The van der Waals surface area contributed by atoms with Crippen LogP contribution in [0.4, 0.5) is 0 Å². The predicted molar refractivity (Wildman–Crippen MR) is 84.7 cm³/mol. The lowest BCUT2D eigenvalue weighted by Crippen LogP contribution is -2.26. The summed E-state index contributed by atoms with van der Waals surface area (Å²) in [6.45, 7) is 4.12. The Hall–Kier alpha value is -2.29. The van der Waals surface area contributed by atoms with Gasteiger partial charge in [0.15, 0.2) is 0 Å². The van der Waals surface area contributed by atoms with Gasteiger partial charge in [-0.15, -0.1) is 0 Å². The Kier molecular flexibility index (Phi) is 4.99. The van der Waals surface area contributed by atoms with E-state index in [0.717, 1.165) is 17.7 Å². The van der Waals surface area contributed by atoms with Crippen molar-refractivity contribution < 1.29 is 9.53 Å². The number of aryl methyl sites for hydroxylation is 1. The molecule has 0 bridgehead atoms. The molecule has 1 amide bonds. The highest BCUT2D eigenvalue weighted by Crippen LogP contribution is 2.16. The van der Waals surface area contributed by atoms with Gasteiger partial charge >= 0.3 is 0 Å². The summed E-state index contributed by atoms with van der Waals surface area (Å²) in [6, 6.07) is 15.4. The minimum Gasteiger partial charge on any atom is -0.497 e. The van der Waals surface area contributed by atoms with E-state index in [0.29, 0.717) is 5.56 Å². The Morgan fingerprint density at radius 3 is 2.24 bits per heavy atom. The SMILES string of the molecule is CCc1ccc([C@H](C)NC(=O)c2ccc(OC)cc2)cc1. The number of carbonyl (C=O) groups is 1. The van der Waals surface area contributed by atoms with Crippen molar-refractivity contribution in [3.8, 4) is 5.75 Å². The first-order valence-corrected chi connectivity index (χ1v) is 7.17. The molecule has 0 fully saturated rings. The Labute approximate surface area is 126 Å². The molecule has 21 heavy (non-hydrogen) atoms. The van der Waals surface area contributed by atoms with Crippen molar-refractivity contribution in [3.05, 3.63) is 65.2 Å². The monoisotopic (exact) mass is 283 g/mol. The number of carbonyl (C=O) groups excluding carboxylic acids is 1. The van der Waals surface area contributed by atoms with Gasteiger partial charge in [0.1, 0.15) is 5.75 Å². The summed E-state index contributed by atoms with van der Waals surface area (Å²) in [7, 11) is 1.61. The molecular formula is C18H21NO2. The second-order valence-corrected chi connectivity index (χ2v) is 5.02. The Morgan fingerprint density at radius 1 is 1.10 bits per heavy atom. The van der Waals surface area contributed by atoms with E-state index in [2.05, 4.69) is 36.5 Å². The Morgan fingerprint density at radius 2 is 1.71 bits per heavy atom. The second kappa shape index (κ2) is 6.93. The highest BCUT2D eigenvalue weighted by atomic mass is 16.5. The van der Waals surface area contributed by atoms with Crippen LogP contribution in [0.3, 0.4) is 0 Å². The first-order chi connectivity index (χ1) is 10.1. The summed E-state index contributed by atoms with van der Waals surface area (Å²) in [5.41, 5.74) is 3.04. The molecule has 0 saturated heterocycles. The average Bonchev–Trinajstić information content (AvgIpc) is 2.55.